The largest absolute Gasteiger partial charge is 0.315 e. The first kappa shape index (κ1) is 15.4. The van der Waals surface area contributed by atoms with Gasteiger partial charge in [-0.3, -0.25) is 0 Å². The molecule has 2 unspecified atom stereocenters. The van der Waals surface area contributed by atoms with E-state index in [-0.39, 0.29) is 6.04 Å². The number of halogens is 1. The summed E-state index contributed by atoms with van der Waals surface area (Å²) >= 11 is 4.81. The molecule has 1 aliphatic rings. The monoisotopic (exact) mass is 366 g/mol. The van der Waals surface area contributed by atoms with Gasteiger partial charge in [0.1, 0.15) is 4.90 Å². The fraction of sp³-hybridized carbons (Fsp3) is 0.667. The summed E-state index contributed by atoms with van der Waals surface area (Å²) in [6.45, 7) is 2.81. The first-order chi connectivity index (χ1) is 8.97. The number of rotatable bonds is 7. The van der Waals surface area contributed by atoms with Gasteiger partial charge in [-0.2, -0.15) is 0 Å². The van der Waals surface area contributed by atoms with E-state index in [9.17, 15) is 8.42 Å². The predicted octanol–water partition coefficient (Wildman–Crippen LogP) is 2.70. The van der Waals surface area contributed by atoms with E-state index in [1.807, 2.05) is 7.05 Å². The summed E-state index contributed by atoms with van der Waals surface area (Å²) in [5.74, 6) is 0.522. The van der Waals surface area contributed by atoms with Crippen molar-refractivity contribution in [2.45, 2.75) is 43.7 Å². The van der Waals surface area contributed by atoms with Gasteiger partial charge in [-0.05, 0) is 47.8 Å². The summed E-state index contributed by atoms with van der Waals surface area (Å²) in [6.07, 6.45) is 3.18. The lowest BCUT2D eigenvalue weighted by Gasteiger charge is -2.04. The van der Waals surface area contributed by atoms with Crippen molar-refractivity contribution in [3.8, 4) is 0 Å². The van der Waals surface area contributed by atoms with E-state index in [0.717, 1.165) is 24.1 Å². The van der Waals surface area contributed by atoms with Crippen LogP contribution in [-0.2, 0) is 16.6 Å². The van der Waals surface area contributed by atoms with Gasteiger partial charge in [0.05, 0.1) is 3.79 Å². The van der Waals surface area contributed by atoms with Crippen LogP contribution < -0.4 is 10.0 Å². The van der Waals surface area contributed by atoms with Crippen LogP contribution in [0.4, 0.5) is 0 Å². The first-order valence-corrected chi connectivity index (χ1v) is 9.52. The van der Waals surface area contributed by atoms with Gasteiger partial charge < -0.3 is 5.32 Å². The smallest absolute Gasteiger partial charge is 0.242 e. The highest BCUT2D eigenvalue weighted by Gasteiger charge is 2.39. The van der Waals surface area contributed by atoms with Crippen LogP contribution in [0.1, 0.15) is 31.1 Å². The summed E-state index contributed by atoms with van der Waals surface area (Å²) in [5, 5.41) is 3.03. The molecule has 19 heavy (non-hydrogen) atoms. The Hall–Kier alpha value is 0.0500. The lowest BCUT2D eigenvalue weighted by Crippen LogP contribution is -2.27. The molecule has 1 aromatic rings. The molecule has 0 bridgehead atoms. The molecule has 1 fully saturated rings. The lowest BCUT2D eigenvalue weighted by molar-refractivity contribution is 0.573. The molecule has 0 spiro atoms. The first-order valence-electron chi connectivity index (χ1n) is 6.43. The van der Waals surface area contributed by atoms with Gasteiger partial charge in [-0.15, -0.1) is 11.3 Å². The van der Waals surface area contributed by atoms with E-state index in [2.05, 4.69) is 32.9 Å². The predicted molar refractivity (Wildman–Crippen MR) is 81.9 cm³/mol. The van der Waals surface area contributed by atoms with Crippen LogP contribution in [0.25, 0.3) is 0 Å². The van der Waals surface area contributed by atoms with Crippen LogP contribution in [0.15, 0.2) is 14.7 Å². The molecular weight excluding hydrogens is 348 g/mol. The molecule has 7 heteroatoms. The topological polar surface area (TPSA) is 58.2 Å². The average molecular weight is 367 g/mol. The molecule has 0 aromatic carbocycles. The zero-order chi connectivity index (χ0) is 14.0. The van der Waals surface area contributed by atoms with E-state index in [1.54, 1.807) is 6.07 Å². The average Bonchev–Trinajstić information content (AvgIpc) is 2.90. The molecule has 2 atom stereocenters. The fourth-order valence-corrected chi connectivity index (χ4v) is 6.20. The highest BCUT2D eigenvalue weighted by molar-refractivity contribution is 9.11. The third kappa shape index (κ3) is 3.78. The molecule has 1 saturated carbocycles. The van der Waals surface area contributed by atoms with Crippen LogP contribution in [0.2, 0.25) is 0 Å². The van der Waals surface area contributed by atoms with Crippen molar-refractivity contribution in [3.05, 3.63) is 14.7 Å². The minimum absolute atomic E-state index is 0.129. The minimum atomic E-state index is -3.39. The van der Waals surface area contributed by atoms with Crippen molar-refractivity contribution in [2.75, 3.05) is 7.05 Å². The van der Waals surface area contributed by atoms with Crippen LogP contribution in [0.5, 0.6) is 0 Å². The minimum Gasteiger partial charge on any atom is -0.315 e. The Morgan fingerprint density at radius 3 is 2.89 bits per heavy atom. The van der Waals surface area contributed by atoms with E-state index >= 15 is 0 Å². The Labute approximate surface area is 127 Å². The van der Waals surface area contributed by atoms with Crippen molar-refractivity contribution >= 4 is 37.3 Å². The van der Waals surface area contributed by atoms with E-state index in [1.165, 1.54) is 11.3 Å². The van der Waals surface area contributed by atoms with Crippen LogP contribution in [0.3, 0.4) is 0 Å². The highest BCUT2D eigenvalue weighted by atomic mass is 79.9. The molecular formula is C12H19BrN2O2S2. The van der Waals surface area contributed by atoms with Gasteiger partial charge in [0.2, 0.25) is 10.0 Å². The summed E-state index contributed by atoms with van der Waals surface area (Å²) in [6, 6.07) is 1.87. The summed E-state index contributed by atoms with van der Waals surface area (Å²) < 4.78 is 28.1. The number of hydrogen-bond donors (Lipinski definition) is 2. The normalized spacial score (nSPS) is 22.7. The molecule has 2 N–H and O–H groups in total. The van der Waals surface area contributed by atoms with Gasteiger partial charge in [0.25, 0.3) is 0 Å². The molecule has 4 nitrogen and oxygen atoms in total. The Bertz CT molecular complexity index is 542. The van der Waals surface area contributed by atoms with Crippen molar-refractivity contribution in [1.29, 1.82) is 0 Å². The summed E-state index contributed by atoms with van der Waals surface area (Å²) in [4.78, 5) is 1.38. The number of hydrogen-bond acceptors (Lipinski definition) is 4. The van der Waals surface area contributed by atoms with Crippen molar-refractivity contribution in [2.24, 2.45) is 5.92 Å². The Morgan fingerprint density at radius 1 is 1.53 bits per heavy atom. The molecule has 0 amide bonds. The quantitative estimate of drug-likeness (QED) is 0.779. The third-order valence-electron chi connectivity index (χ3n) is 3.24. The SMILES string of the molecule is CCCC1CC1NS(=O)(=O)c1cc(CNC)sc1Br. The summed E-state index contributed by atoms with van der Waals surface area (Å²) in [7, 11) is -1.54. The van der Waals surface area contributed by atoms with E-state index in [0.29, 0.717) is 21.1 Å². The molecule has 0 saturated heterocycles. The van der Waals surface area contributed by atoms with Gasteiger partial charge in [-0.1, -0.05) is 13.3 Å². The maximum Gasteiger partial charge on any atom is 0.242 e. The van der Waals surface area contributed by atoms with E-state index in [4.69, 9.17) is 0 Å². The maximum absolute atomic E-state index is 12.3. The van der Waals surface area contributed by atoms with E-state index < -0.39 is 10.0 Å². The molecule has 1 aromatic heterocycles. The number of sulfonamides is 1. The Balaban J connectivity index is 2.07. The van der Waals surface area contributed by atoms with Crippen LogP contribution in [0, 0.1) is 5.92 Å². The van der Waals surface area contributed by atoms with Crippen molar-refractivity contribution in [1.82, 2.24) is 10.0 Å². The van der Waals surface area contributed by atoms with Crippen molar-refractivity contribution in [3.63, 3.8) is 0 Å². The van der Waals surface area contributed by atoms with Crippen molar-refractivity contribution < 1.29 is 8.42 Å². The van der Waals surface area contributed by atoms with Gasteiger partial charge >= 0.3 is 0 Å². The second-order valence-electron chi connectivity index (χ2n) is 4.89. The Morgan fingerprint density at radius 2 is 2.26 bits per heavy atom. The third-order valence-corrected chi connectivity index (χ3v) is 6.98. The molecule has 0 radical (unpaired) electrons. The van der Waals surface area contributed by atoms with Crippen LogP contribution in [-0.4, -0.2) is 21.5 Å². The fourth-order valence-electron chi connectivity index (χ4n) is 2.19. The molecule has 0 aliphatic heterocycles. The van der Waals surface area contributed by atoms with Gasteiger partial charge in [0.15, 0.2) is 0 Å². The van der Waals surface area contributed by atoms with Gasteiger partial charge in [0, 0.05) is 17.5 Å². The standard InChI is InChI=1S/C12H19BrN2O2S2/c1-3-4-8-5-10(8)15-19(16,17)11-6-9(7-14-2)18-12(11)13/h6,8,10,14-15H,3-5,7H2,1-2H3. The van der Waals surface area contributed by atoms with Gasteiger partial charge in [-0.25, -0.2) is 13.1 Å². The lowest BCUT2D eigenvalue weighted by atomic mass is 10.2. The zero-order valence-electron chi connectivity index (χ0n) is 11.1. The highest BCUT2D eigenvalue weighted by Crippen LogP contribution is 2.37. The Kier molecular flexibility index (Phi) is 5.05. The molecule has 1 heterocycles. The number of nitrogens with one attached hydrogen (secondary N) is 2. The second-order valence-corrected chi connectivity index (χ2v) is 9.03. The second kappa shape index (κ2) is 6.22. The zero-order valence-corrected chi connectivity index (χ0v) is 14.3. The summed E-state index contributed by atoms with van der Waals surface area (Å²) in [5.41, 5.74) is 0. The maximum atomic E-state index is 12.3. The van der Waals surface area contributed by atoms with Crippen LogP contribution >= 0.6 is 27.3 Å². The molecule has 1 aliphatic carbocycles. The number of thiophene rings is 1. The molecule has 2 rings (SSSR count). The molecule has 108 valence electrons.